The van der Waals surface area contributed by atoms with Crippen LogP contribution < -0.4 is 9.47 Å². The van der Waals surface area contributed by atoms with Crippen molar-refractivity contribution in [2.45, 2.75) is 38.5 Å². The normalized spacial score (nSPS) is 12.8. The van der Waals surface area contributed by atoms with Gasteiger partial charge in [0.2, 0.25) is 0 Å². The van der Waals surface area contributed by atoms with Gasteiger partial charge in [-0.3, -0.25) is 0 Å². The number of nitrogens with zero attached hydrogens (tertiary/aromatic N) is 2. The van der Waals surface area contributed by atoms with Crippen LogP contribution in [0.2, 0.25) is 0 Å². The van der Waals surface area contributed by atoms with E-state index in [0.29, 0.717) is 17.1 Å². The summed E-state index contributed by atoms with van der Waals surface area (Å²) in [6.45, 7) is 5.84. The molecule has 2 aromatic carbocycles. The topological polar surface area (TPSA) is 71.8 Å². The Bertz CT molecular complexity index is 967. The molecule has 2 rings (SSSR count). The first-order valence-electron chi connectivity index (χ1n) is 11.3. The van der Waals surface area contributed by atoms with Crippen LogP contribution in [0.3, 0.4) is 0 Å². The van der Waals surface area contributed by atoms with Crippen molar-refractivity contribution >= 4 is 5.97 Å². The van der Waals surface area contributed by atoms with Crippen molar-refractivity contribution in [1.29, 1.82) is 5.26 Å². The fourth-order valence-electron chi connectivity index (χ4n) is 4.23. The Balaban J connectivity index is 2.05. The maximum Gasteiger partial charge on any atom is 0.338 e. The first-order chi connectivity index (χ1) is 15.8. The predicted molar refractivity (Wildman–Crippen MR) is 130 cm³/mol. The van der Waals surface area contributed by atoms with E-state index < -0.39 is 5.41 Å². The fourth-order valence-corrected chi connectivity index (χ4v) is 4.23. The predicted octanol–water partition coefficient (Wildman–Crippen LogP) is 4.86. The van der Waals surface area contributed by atoms with Crippen molar-refractivity contribution < 1.29 is 19.0 Å². The van der Waals surface area contributed by atoms with E-state index in [0.717, 1.165) is 43.5 Å². The van der Waals surface area contributed by atoms with Crippen molar-refractivity contribution in [1.82, 2.24) is 4.90 Å². The molecule has 0 fully saturated rings. The lowest BCUT2D eigenvalue weighted by molar-refractivity contribution is 0.0599. The lowest BCUT2D eigenvalue weighted by Gasteiger charge is -2.32. The quantitative estimate of drug-likeness (QED) is 0.428. The number of nitriles is 1. The number of carbonyl (C=O) groups is 1. The summed E-state index contributed by atoms with van der Waals surface area (Å²) in [5.74, 6) is 1.12. The third-order valence-corrected chi connectivity index (χ3v) is 6.38. The molecule has 6 nitrogen and oxygen atoms in total. The molecule has 1 unspecified atom stereocenters. The van der Waals surface area contributed by atoms with Gasteiger partial charge in [0.1, 0.15) is 0 Å². The third kappa shape index (κ3) is 6.27. The van der Waals surface area contributed by atoms with Crippen LogP contribution in [0.4, 0.5) is 0 Å². The van der Waals surface area contributed by atoms with Crippen LogP contribution in [0, 0.1) is 17.2 Å². The second-order valence-electron chi connectivity index (χ2n) is 8.61. The molecule has 33 heavy (non-hydrogen) atoms. The Kier molecular flexibility index (Phi) is 9.74. The van der Waals surface area contributed by atoms with Crippen molar-refractivity contribution in [3.8, 4) is 17.6 Å². The second kappa shape index (κ2) is 12.3. The van der Waals surface area contributed by atoms with Crippen LogP contribution in [-0.2, 0) is 16.6 Å². The largest absolute Gasteiger partial charge is 0.493 e. The summed E-state index contributed by atoms with van der Waals surface area (Å²) in [6, 6.07) is 15.9. The van der Waals surface area contributed by atoms with Gasteiger partial charge < -0.3 is 19.1 Å². The Morgan fingerprint density at radius 2 is 1.76 bits per heavy atom. The zero-order valence-corrected chi connectivity index (χ0v) is 20.7. The number of ether oxygens (including phenoxy) is 3. The molecule has 2 aromatic rings. The van der Waals surface area contributed by atoms with Gasteiger partial charge in [0.25, 0.3) is 0 Å². The van der Waals surface area contributed by atoms with Crippen LogP contribution in [0.25, 0.3) is 0 Å². The highest BCUT2D eigenvalue weighted by Crippen LogP contribution is 2.40. The van der Waals surface area contributed by atoms with E-state index in [2.05, 4.69) is 31.9 Å². The van der Waals surface area contributed by atoms with Crippen molar-refractivity contribution in [3.05, 3.63) is 59.2 Å². The number of methoxy groups -OCH3 is 3. The number of benzene rings is 2. The molecule has 0 aromatic heterocycles. The molecule has 0 saturated heterocycles. The van der Waals surface area contributed by atoms with Gasteiger partial charge in [-0.15, -0.1) is 0 Å². The molecule has 0 heterocycles. The van der Waals surface area contributed by atoms with Gasteiger partial charge in [-0.25, -0.2) is 4.79 Å². The SMILES string of the molecule is COC(=O)c1ccccc1CCN(C)CCCC(C#N)(c1ccc(OC)c(OC)c1)C(C)C. The van der Waals surface area contributed by atoms with E-state index in [4.69, 9.17) is 14.2 Å². The maximum atomic E-state index is 12.0. The molecule has 0 saturated carbocycles. The number of carbonyl (C=O) groups excluding carboxylic acids is 1. The number of hydrogen-bond acceptors (Lipinski definition) is 6. The Morgan fingerprint density at radius 3 is 2.36 bits per heavy atom. The van der Waals surface area contributed by atoms with E-state index in [1.165, 1.54) is 7.11 Å². The monoisotopic (exact) mass is 452 g/mol. The Morgan fingerprint density at radius 1 is 1.06 bits per heavy atom. The second-order valence-corrected chi connectivity index (χ2v) is 8.61. The fraction of sp³-hybridized carbons (Fsp3) is 0.481. The van der Waals surface area contributed by atoms with Gasteiger partial charge in [0.15, 0.2) is 11.5 Å². The van der Waals surface area contributed by atoms with Crippen molar-refractivity contribution in [3.63, 3.8) is 0 Å². The van der Waals surface area contributed by atoms with Crippen LogP contribution in [0.1, 0.15) is 48.2 Å². The molecule has 1 atom stereocenters. The van der Waals surface area contributed by atoms with E-state index in [1.54, 1.807) is 20.3 Å². The highest BCUT2D eigenvalue weighted by molar-refractivity contribution is 5.90. The standard InChI is InChI=1S/C27H36N2O4/c1-20(2)27(19-28,22-12-13-24(31-4)25(18-22)32-5)15-9-16-29(3)17-14-21-10-7-8-11-23(21)26(30)33-6/h7-8,10-13,18,20H,9,14-17H2,1-6H3. The van der Waals surface area contributed by atoms with Crippen molar-refractivity contribution in [2.75, 3.05) is 41.5 Å². The summed E-state index contributed by atoms with van der Waals surface area (Å²) in [5.41, 5.74) is 1.94. The molecular weight excluding hydrogens is 416 g/mol. The first kappa shape index (κ1) is 26.2. The zero-order chi connectivity index (χ0) is 24.4. The molecule has 0 radical (unpaired) electrons. The first-order valence-corrected chi connectivity index (χ1v) is 11.3. The molecule has 0 aliphatic heterocycles. The average Bonchev–Trinajstić information content (AvgIpc) is 2.84. The van der Waals surface area contributed by atoms with Crippen LogP contribution in [0.15, 0.2) is 42.5 Å². The minimum atomic E-state index is -0.613. The van der Waals surface area contributed by atoms with Gasteiger partial charge in [0.05, 0.1) is 38.4 Å². The number of esters is 1. The summed E-state index contributed by atoms with van der Waals surface area (Å²) >= 11 is 0. The molecule has 178 valence electrons. The molecule has 0 aliphatic rings. The van der Waals surface area contributed by atoms with Gasteiger partial charge in [0, 0.05) is 6.54 Å². The van der Waals surface area contributed by atoms with Gasteiger partial charge in [-0.1, -0.05) is 38.1 Å². The molecule has 0 spiro atoms. The van der Waals surface area contributed by atoms with E-state index >= 15 is 0 Å². The van der Waals surface area contributed by atoms with E-state index in [-0.39, 0.29) is 11.9 Å². The number of hydrogen-bond donors (Lipinski definition) is 0. The van der Waals surface area contributed by atoms with Crippen LogP contribution in [-0.4, -0.2) is 52.3 Å². The molecule has 0 bridgehead atoms. The lowest BCUT2D eigenvalue weighted by atomic mass is 9.69. The summed E-state index contributed by atoms with van der Waals surface area (Å²) in [7, 11) is 6.69. The number of likely N-dealkylation sites (N-methyl/N-ethyl adjacent to an activating group) is 1. The highest BCUT2D eigenvalue weighted by atomic mass is 16.5. The third-order valence-electron chi connectivity index (χ3n) is 6.38. The van der Waals surface area contributed by atoms with Gasteiger partial charge >= 0.3 is 5.97 Å². The minimum Gasteiger partial charge on any atom is -0.493 e. The zero-order valence-electron chi connectivity index (χ0n) is 20.7. The van der Waals surface area contributed by atoms with Gasteiger partial charge in [-0.2, -0.15) is 5.26 Å². The molecule has 6 heteroatoms. The average molecular weight is 453 g/mol. The smallest absolute Gasteiger partial charge is 0.338 e. The van der Waals surface area contributed by atoms with Crippen molar-refractivity contribution in [2.24, 2.45) is 5.92 Å². The Hall–Kier alpha value is -3.04. The van der Waals surface area contributed by atoms with Gasteiger partial charge in [-0.05, 0) is 68.1 Å². The molecule has 0 aliphatic carbocycles. The summed E-state index contributed by atoms with van der Waals surface area (Å²) < 4.78 is 15.7. The lowest BCUT2D eigenvalue weighted by Crippen LogP contribution is -2.32. The van der Waals surface area contributed by atoms with E-state index in [1.807, 2.05) is 36.4 Å². The summed E-state index contributed by atoms with van der Waals surface area (Å²) in [4.78, 5) is 14.2. The van der Waals surface area contributed by atoms with E-state index in [9.17, 15) is 10.1 Å². The maximum absolute atomic E-state index is 12.0. The minimum absolute atomic E-state index is 0.137. The molecule has 0 N–H and O–H groups in total. The molecular formula is C27H36N2O4. The van der Waals surface area contributed by atoms with Crippen LogP contribution >= 0.6 is 0 Å². The van der Waals surface area contributed by atoms with Crippen LogP contribution in [0.5, 0.6) is 11.5 Å². The summed E-state index contributed by atoms with van der Waals surface area (Å²) in [5, 5.41) is 10.2. The Labute approximate surface area is 198 Å². The molecule has 0 amide bonds. The number of rotatable bonds is 12. The summed E-state index contributed by atoms with van der Waals surface area (Å²) in [6.07, 6.45) is 2.36. The highest BCUT2D eigenvalue weighted by Gasteiger charge is 2.36.